The Kier molecular flexibility index (Phi) is 7.45. The van der Waals surface area contributed by atoms with Crippen molar-refractivity contribution in [1.29, 1.82) is 0 Å². The van der Waals surface area contributed by atoms with Gasteiger partial charge < -0.3 is 20.9 Å². The van der Waals surface area contributed by atoms with Crippen LogP contribution >= 0.6 is 28.1 Å². The van der Waals surface area contributed by atoms with Crippen molar-refractivity contribution >= 4 is 50.7 Å². The minimum atomic E-state index is -0.285. The molecule has 0 saturated heterocycles. The molecule has 0 amide bonds. The third kappa shape index (κ3) is 5.67. The first-order chi connectivity index (χ1) is 15.4. The number of halogens is 2. The molecule has 0 atom stereocenters. The fraction of sp³-hybridized carbons (Fsp3) is 0.522. The zero-order valence-electron chi connectivity index (χ0n) is 18.5. The molecule has 6 nitrogen and oxygen atoms in total. The predicted octanol–water partition coefficient (Wildman–Crippen LogP) is 5.03. The molecule has 1 heterocycles. The Balaban J connectivity index is 1.30. The molecule has 0 radical (unpaired) electrons. The van der Waals surface area contributed by atoms with Crippen LogP contribution in [0.25, 0.3) is 0 Å². The summed E-state index contributed by atoms with van der Waals surface area (Å²) in [6.45, 7) is 0. The number of hydrogen-bond donors (Lipinski definition) is 3. The molecule has 1 aromatic carbocycles. The van der Waals surface area contributed by atoms with Gasteiger partial charge in [0.05, 0.1) is 11.4 Å². The fourth-order valence-electron chi connectivity index (χ4n) is 4.51. The van der Waals surface area contributed by atoms with E-state index >= 15 is 0 Å². The van der Waals surface area contributed by atoms with Crippen LogP contribution in [0.5, 0.6) is 0 Å². The lowest BCUT2D eigenvalue weighted by Crippen LogP contribution is -2.42. The van der Waals surface area contributed by atoms with Crippen molar-refractivity contribution < 1.29 is 4.39 Å². The predicted molar refractivity (Wildman–Crippen MR) is 136 cm³/mol. The summed E-state index contributed by atoms with van der Waals surface area (Å²) < 4.78 is 13.9. The number of anilines is 3. The maximum Gasteiger partial charge on any atom is 0.225 e. The number of thiocarbonyl (C=S) groups is 1. The SMILES string of the molecule is CN(C)c1nc(NC2CCC(NC(=S)Nc3ccc(F)cc3Br)CC2)nc2c1CCCC2. The summed E-state index contributed by atoms with van der Waals surface area (Å²) in [4.78, 5) is 11.8. The maximum atomic E-state index is 13.3. The van der Waals surface area contributed by atoms with E-state index in [9.17, 15) is 4.39 Å². The molecule has 4 rings (SSSR count). The van der Waals surface area contributed by atoms with Crippen molar-refractivity contribution in [2.45, 2.75) is 63.5 Å². The van der Waals surface area contributed by atoms with Gasteiger partial charge in [0.15, 0.2) is 5.11 Å². The molecule has 3 N–H and O–H groups in total. The molecular formula is C23H30BrFN6S. The van der Waals surface area contributed by atoms with Crippen LogP contribution in [0.4, 0.5) is 21.8 Å². The summed E-state index contributed by atoms with van der Waals surface area (Å²) >= 11 is 8.83. The summed E-state index contributed by atoms with van der Waals surface area (Å²) in [5, 5.41) is 10.7. The number of hydrogen-bond acceptors (Lipinski definition) is 5. The van der Waals surface area contributed by atoms with E-state index in [1.807, 2.05) is 0 Å². The van der Waals surface area contributed by atoms with E-state index in [0.717, 1.165) is 56.0 Å². The molecule has 0 bridgehead atoms. The number of fused-ring (bicyclic) bond motifs is 1. The summed E-state index contributed by atoms with van der Waals surface area (Å²) in [5.74, 6) is 1.52. The lowest BCUT2D eigenvalue weighted by Gasteiger charge is -2.31. The van der Waals surface area contributed by atoms with Crippen molar-refractivity contribution in [1.82, 2.24) is 15.3 Å². The Bertz CT molecular complexity index is 977. The van der Waals surface area contributed by atoms with E-state index in [2.05, 4.69) is 50.9 Å². The first kappa shape index (κ1) is 23.2. The number of benzene rings is 1. The summed E-state index contributed by atoms with van der Waals surface area (Å²) in [5.41, 5.74) is 3.27. The quantitative estimate of drug-likeness (QED) is 0.477. The van der Waals surface area contributed by atoms with E-state index in [4.69, 9.17) is 22.2 Å². The van der Waals surface area contributed by atoms with Gasteiger partial charge in [0.1, 0.15) is 11.6 Å². The first-order valence-electron chi connectivity index (χ1n) is 11.3. The smallest absolute Gasteiger partial charge is 0.225 e. The highest BCUT2D eigenvalue weighted by molar-refractivity contribution is 9.10. The molecule has 0 spiro atoms. The molecular weight excluding hydrogens is 491 g/mol. The number of rotatable bonds is 5. The molecule has 2 aliphatic rings. The Morgan fingerprint density at radius 1 is 1.09 bits per heavy atom. The van der Waals surface area contributed by atoms with Crippen molar-refractivity contribution in [3.8, 4) is 0 Å². The van der Waals surface area contributed by atoms with Crippen LogP contribution in [0.2, 0.25) is 0 Å². The molecule has 1 aromatic heterocycles. The first-order valence-corrected chi connectivity index (χ1v) is 12.5. The van der Waals surface area contributed by atoms with E-state index in [1.54, 1.807) is 6.07 Å². The standard InChI is InChI=1S/C23H30BrFN6S/c1-31(2)21-17-5-3-4-6-19(17)28-22(30-21)26-15-8-10-16(11-9-15)27-23(32)29-20-12-7-14(25)13-18(20)24/h7,12-13,15-16H,3-6,8-11H2,1-2H3,(H,26,28,30)(H2,27,29,32). The Morgan fingerprint density at radius 2 is 1.81 bits per heavy atom. The molecule has 1 fully saturated rings. The highest BCUT2D eigenvalue weighted by Crippen LogP contribution is 2.29. The molecule has 2 aliphatic carbocycles. The van der Waals surface area contributed by atoms with Gasteiger partial charge in [-0.15, -0.1) is 0 Å². The second-order valence-corrected chi connectivity index (χ2v) is 10.1. The van der Waals surface area contributed by atoms with Crippen LogP contribution in [-0.2, 0) is 12.8 Å². The van der Waals surface area contributed by atoms with Gasteiger partial charge in [-0.25, -0.2) is 9.37 Å². The normalized spacial score (nSPS) is 20.2. The molecule has 32 heavy (non-hydrogen) atoms. The highest BCUT2D eigenvalue weighted by Gasteiger charge is 2.24. The minimum Gasteiger partial charge on any atom is -0.362 e. The molecule has 0 aliphatic heterocycles. The van der Waals surface area contributed by atoms with Gasteiger partial charge in [-0.3, -0.25) is 0 Å². The average Bonchev–Trinajstić information content (AvgIpc) is 2.76. The van der Waals surface area contributed by atoms with E-state index < -0.39 is 0 Å². The van der Waals surface area contributed by atoms with Crippen LogP contribution in [-0.4, -0.2) is 41.3 Å². The van der Waals surface area contributed by atoms with Gasteiger partial charge >= 0.3 is 0 Å². The number of nitrogens with zero attached hydrogens (tertiary/aromatic N) is 3. The molecule has 172 valence electrons. The second-order valence-electron chi connectivity index (χ2n) is 8.81. The van der Waals surface area contributed by atoms with Crippen LogP contribution in [0, 0.1) is 5.82 Å². The lowest BCUT2D eigenvalue weighted by atomic mass is 9.91. The van der Waals surface area contributed by atoms with Crippen LogP contribution in [0.15, 0.2) is 22.7 Å². The zero-order chi connectivity index (χ0) is 22.7. The van der Waals surface area contributed by atoms with Crippen molar-refractivity contribution in [2.75, 3.05) is 29.6 Å². The largest absolute Gasteiger partial charge is 0.362 e. The molecule has 0 unspecified atom stereocenters. The summed E-state index contributed by atoms with van der Waals surface area (Å²) in [6.07, 6.45) is 8.61. The fourth-order valence-corrected chi connectivity index (χ4v) is 5.23. The monoisotopic (exact) mass is 520 g/mol. The third-order valence-corrected chi connectivity index (χ3v) is 7.04. The van der Waals surface area contributed by atoms with E-state index in [-0.39, 0.29) is 5.82 Å². The van der Waals surface area contributed by atoms with Crippen molar-refractivity contribution in [3.63, 3.8) is 0 Å². The second kappa shape index (κ2) is 10.3. The van der Waals surface area contributed by atoms with E-state index in [0.29, 0.717) is 21.7 Å². The zero-order valence-corrected chi connectivity index (χ0v) is 21.0. The van der Waals surface area contributed by atoms with Gasteiger partial charge in [-0.1, -0.05) is 0 Å². The van der Waals surface area contributed by atoms with E-state index in [1.165, 1.54) is 36.2 Å². The number of aromatic nitrogens is 2. The Hall–Kier alpha value is -2.00. The van der Waals surface area contributed by atoms with Gasteiger partial charge in [0.25, 0.3) is 0 Å². The van der Waals surface area contributed by atoms with Gasteiger partial charge in [0.2, 0.25) is 5.95 Å². The maximum absolute atomic E-state index is 13.3. The summed E-state index contributed by atoms with van der Waals surface area (Å²) in [7, 11) is 4.11. The number of aryl methyl sites for hydroxylation is 1. The van der Waals surface area contributed by atoms with Gasteiger partial charge in [-0.05, 0) is 97.7 Å². The average molecular weight is 522 g/mol. The van der Waals surface area contributed by atoms with Crippen LogP contribution < -0.4 is 20.9 Å². The van der Waals surface area contributed by atoms with Gasteiger partial charge in [0, 0.05) is 36.2 Å². The van der Waals surface area contributed by atoms with Crippen molar-refractivity contribution in [2.24, 2.45) is 0 Å². The Labute approximate surface area is 202 Å². The summed E-state index contributed by atoms with van der Waals surface area (Å²) in [6, 6.07) is 5.18. The molecule has 1 saturated carbocycles. The Morgan fingerprint density at radius 3 is 2.53 bits per heavy atom. The molecule has 9 heteroatoms. The third-order valence-electron chi connectivity index (χ3n) is 6.16. The molecule has 2 aromatic rings. The van der Waals surface area contributed by atoms with Crippen LogP contribution in [0.1, 0.15) is 49.8 Å². The minimum absolute atomic E-state index is 0.285. The number of nitrogens with one attached hydrogen (secondary N) is 3. The van der Waals surface area contributed by atoms with Gasteiger partial charge in [-0.2, -0.15) is 4.98 Å². The topological polar surface area (TPSA) is 65.1 Å². The van der Waals surface area contributed by atoms with Crippen LogP contribution in [0.3, 0.4) is 0 Å². The lowest BCUT2D eigenvalue weighted by molar-refractivity contribution is 0.387. The highest BCUT2D eigenvalue weighted by atomic mass is 79.9. The van der Waals surface area contributed by atoms with Crippen molar-refractivity contribution in [3.05, 3.63) is 39.7 Å².